The minimum atomic E-state index is -3.91. The van der Waals surface area contributed by atoms with Crippen molar-refractivity contribution in [1.29, 1.82) is 0 Å². The minimum absolute atomic E-state index is 0.00438. The Hall–Kier alpha value is -1.86. The van der Waals surface area contributed by atoms with Gasteiger partial charge >= 0.3 is 0 Å². The molecule has 7 heteroatoms. The smallest absolute Gasteiger partial charge is 0.275 e. The summed E-state index contributed by atoms with van der Waals surface area (Å²) in [5.74, 6) is 0.247. The number of benzene rings is 1. The van der Waals surface area contributed by atoms with Gasteiger partial charge in [0.1, 0.15) is 5.75 Å². The Morgan fingerprint density at radius 1 is 1.32 bits per heavy atom. The number of thiophene rings is 1. The average Bonchev–Trinajstić information content (AvgIpc) is 3.23. The van der Waals surface area contributed by atoms with Gasteiger partial charge in [0.2, 0.25) is 0 Å². The summed E-state index contributed by atoms with van der Waals surface area (Å²) in [5.41, 5.74) is 0.948. The van der Waals surface area contributed by atoms with E-state index in [1.54, 1.807) is 12.1 Å². The fourth-order valence-electron chi connectivity index (χ4n) is 2.22. The zero-order valence-corrected chi connectivity index (χ0v) is 13.5. The molecule has 1 aliphatic carbocycles. The van der Waals surface area contributed by atoms with Gasteiger partial charge in [-0.25, -0.2) is 13.1 Å². The van der Waals surface area contributed by atoms with E-state index in [1.165, 1.54) is 30.6 Å². The van der Waals surface area contributed by atoms with Crippen LogP contribution in [-0.2, 0) is 10.0 Å². The molecule has 0 saturated heterocycles. The minimum Gasteiger partial charge on any atom is -0.497 e. The predicted octanol–water partition coefficient (Wildman–Crippen LogP) is 2.75. The van der Waals surface area contributed by atoms with Crippen LogP contribution >= 0.6 is 11.3 Å². The van der Waals surface area contributed by atoms with Gasteiger partial charge in [-0.2, -0.15) is 0 Å². The van der Waals surface area contributed by atoms with Crippen molar-refractivity contribution >= 4 is 27.3 Å². The van der Waals surface area contributed by atoms with Gasteiger partial charge < -0.3 is 4.74 Å². The van der Waals surface area contributed by atoms with Crippen molar-refractivity contribution in [3.05, 3.63) is 46.2 Å². The zero-order valence-electron chi connectivity index (χ0n) is 11.9. The summed E-state index contributed by atoms with van der Waals surface area (Å²) in [6.45, 7) is 0. The molecule has 5 nitrogen and oxygen atoms in total. The highest BCUT2D eigenvalue weighted by atomic mass is 32.2. The molecule has 0 unspecified atom stereocenters. The van der Waals surface area contributed by atoms with Crippen LogP contribution in [-0.4, -0.2) is 21.4 Å². The van der Waals surface area contributed by atoms with Crippen LogP contribution in [0.3, 0.4) is 0 Å². The van der Waals surface area contributed by atoms with E-state index >= 15 is 0 Å². The van der Waals surface area contributed by atoms with E-state index in [0.29, 0.717) is 16.5 Å². The molecule has 0 radical (unpaired) electrons. The third kappa shape index (κ3) is 3.00. The summed E-state index contributed by atoms with van der Waals surface area (Å²) in [6.07, 6.45) is 2.11. The van der Waals surface area contributed by atoms with Crippen molar-refractivity contribution < 1.29 is 17.9 Å². The second-order valence-electron chi connectivity index (χ2n) is 5.09. The fourth-order valence-corrected chi connectivity index (χ4v) is 4.15. The molecule has 116 valence electrons. The summed E-state index contributed by atoms with van der Waals surface area (Å²) in [7, 11) is -2.46. The molecular formula is C15H15NO4S2. The molecule has 1 aliphatic rings. The Balaban J connectivity index is 1.84. The second kappa shape index (κ2) is 5.73. The second-order valence-corrected chi connectivity index (χ2v) is 7.69. The first-order chi connectivity index (χ1) is 10.5. The topological polar surface area (TPSA) is 72.5 Å². The van der Waals surface area contributed by atoms with Crippen LogP contribution in [0.1, 0.15) is 34.0 Å². The van der Waals surface area contributed by atoms with E-state index in [1.807, 2.05) is 11.4 Å². The van der Waals surface area contributed by atoms with Crippen LogP contribution in [0.25, 0.3) is 0 Å². The molecule has 1 aromatic heterocycles. The maximum Gasteiger partial charge on any atom is 0.275 e. The van der Waals surface area contributed by atoms with Crippen molar-refractivity contribution in [1.82, 2.24) is 4.72 Å². The molecule has 1 heterocycles. The monoisotopic (exact) mass is 337 g/mol. The van der Waals surface area contributed by atoms with Crippen LogP contribution in [0, 0.1) is 0 Å². The van der Waals surface area contributed by atoms with Gasteiger partial charge in [0, 0.05) is 6.07 Å². The van der Waals surface area contributed by atoms with Crippen molar-refractivity contribution in [3.8, 4) is 5.75 Å². The number of carbonyl (C=O) groups is 1. The molecule has 1 amide bonds. The molecule has 1 N–H and O–H groups in total. The van der Waals surface area contributed by atoms with E-state index in [0.717, 1.165) is 18.4 Å². The van der Waals surface area contributed by atoms with E-state index in [4.69, 9.17) is 4.74 Å². The first-order valence-electron chi connectivity index (χ1n) is 6.80. The van der Waals surface area contributed by atoms with Crippen LogP contribution in [0.15, 0.2) is 40.6 Å². The number of carbonyl (C=O) groups excluding carboxylic acids is 1. The zero-order chi connectivity index (χ0) is 15.7. The molecule has 1 fully saturated rings. The van der Waals surface area contributed by atoms with Crippen LogP contribution < -0.4 is 9.46 Å². The van der Waals surface area contributed by atoms with E-state index in [2.05, 4.69) is 4.72 Å². The summed E-state index contributed by atoms with van der Waals surface area (Å²) in [6, 6.07) is 7.92. The normalized spacial score (nSPS) is 14.6. The molecular weight excluding hydrogens is 322 g/mol. The van der Waals surface area contributed by atoms with E-state index < -0.39 is 15.9 Å². The van der Waals surface area contributed by atoms with Crippen LogP contribution in [0.4, 0.5) is 0 Å². The van der Waals surface area contributed by atoms with Gasteiger partial charge in [-0.05, 0) is 47.9 Å². The molecule has 0 aliphatic heterocycles. The maximum atomic E-state index is 12.3. The average molecular weight is 337 g/mol. The first-order valence-corrected chi connectivity index (χ1v) is 9.16. The molecule has 22 heavy (non-hydrogen) atoms. The SMILES string of the molecule is COc1cccc(S(=O)(=O)NC(=O)c2sccc2C2CC2)c1. The molecule has 0 atom stereocenters. The Labute approximate surface area is 133 Å². The predicted molar refractivity (Wildman–Crippen MR) is 83.9 cm³/mol. The molecule has 0 spiro atoms. The third-order valence-corrected chi connectivity index (χ3v) is 5.76. The van der Waals surface area contributed by atoms with Crippen LogP contribution in [0.5, 0.6) is 5.75 Å². The van der Waals surface area contributed by atoms with Gasteiger partial charge in [-0.1, -0.05) is 6.07 Å². The van der Waals surface area contributed by atoms with Gasteiger partial charge in [-0.15, -0.1) is 11.3 Å². The highest BCUT2D eigenvalue weighted by Crippen LogP contribution is 2.43. The lowest BCUT2D eigenvalue weighted by molar-refractivity contribution is 0.0984. The Kier molecular flexibility index (Phi) is 3.92. The highest BCUT2D eigenvalue weighted by molar-refractivity contribution is 7.90. The number of ether oxygens (including phenoxy) is 1. The summed E-state index contributed by atoms with van der Waals surface area (Å²) in [5, 5.41) is 1.82. The molecule has 3 rings (SSSR count). The van der Waals surface area contributed by atoms with Crippen molar-refractivity contribution in [2.45, 2.75) is 23.7 Å². The molecule has 2 aromatic rings. The van der Waals surface area contributed by atoms with Gasteiger partial charge in [-0.3, -0.25) is 4.79 Å². The molecule has 1 aromatic carbocycles. The lowest BCUT2D eigenvalue weighted by atomic mass is 10.1. The summed E-state index contributed by atoms with van der Waals surface area (Å²) in [4.78, 5) is 12.8. The number of methoxy groups -OCH3 is 1. The Morgan fingerprint density at radius 3 is 2.77 bits per heavy atom. The van der Waals surface area contributed by atoms with Gasteiger partial charge in [0.05, 0.1) is 16.9 Å². The number of hydrogen-bond donors (Lipinski definition) is 1. The number of nitrogens with one attached hydrogen (secondary N) is 1. The lowest BCUT2D eigenvalue weighted by Gasteiger charge is -2.08. The first kappa shape index (κ1) is 15.1. The largest absolute Gasteiger partial charge is 0.497 e. The molecule has 1 saturated carbocycles. The highest BCUT2D eigenvalue weighted by Gasteiger charge is 2.30. The number of amides is 1. The van der Waals surface area contributed by atoms with Crippen molar-refractivity contribution in [3.63, 3.8) is 0 Å². The van der Waals surface area contributed by atoms with E-state index in [9.17, 15) is 13.2 Å². The summed E-state index contributed by atoms with van der Waals surface area (Å²) < 4.78 is 31.8. The van der Waals surface area contributed by atoms with Gasteiger partial charge in [0.25, 0.3) is 15.9 Å². The van der Waals surface area contributed by atoms with Crippen molar-refractivity contribution in [2.24, 2.45) is 0 Å². The lowest BCUT2D eigenvalue weighted by Crippen LogP contribution is -2.30. The van der Waals surface area contributed by atoms with Gasteiger partial charge in [0.15, 0.2) is 0 Å². The number of hydrogen-bond acceptors (Lipinski definition) is 5. The fraction of sp³-hybridized carbons (Fsp3) is 0.267. The standard InChI is InChI=1S/C15H15NO4S2/c1-20-11-3-2-4-12(9-11)22(18,19)16-15(17)14-13(7-8-21-14)10-5-6-10/h2-4,7-10H,5-6H2,1H3,(H,16,17). The Bertz CT molecular complexity index is 806. The van der Waals surface area contributed by atoms with Crippen LogP contribution in [0.2, 0.25) is 0 Å². The summed E-state index contributed by atoms with van der Waals surface area (Å²) >= 11 is 1.27. The number of rotatable bonds is 5. The molecule has 0 bridgehead atoms. The Morgan fingerprint density at radius 2 is 2.09 bits per heavy atom. The third-order valence-electron chi connectivity index (χ3n) is 3.50. The van der Waals surface area contributed by atoms with E-state index in [-0.39, 0.29) is 4.90 Å². The van der Waals surface area contributed by atoms with Crippen molar-refractivity contribution in [2.75, 3.05) is 7.11 Å². The quantitative estimate of drug-likeness (QED) is 0.910. The number of sulfonamides is 1. The maximum absolute atomic E-state index is 12.3.